The number of ether oxygens (including phenoxy) is 4. The molecule has 1 aliphatic heterocycles. The van der Waals surface area contributed by atoms with Crippen LogP contribution in [0.2, 0.25) is 18.1 Å². The van der Waals surface area contributed by atoms with Crippen LogP contribution in [-0.4, -0.2) is 71.6 Å². The third-order valence-corrected chi connectivity index (χ3v) is 10.3. The number of aliphatic hydroxyl groups is 1. The molecule has 5 atom stereocenters. The van der Waals surface area contributed by atoms with Gasteiger partial charge in [0.25, 0.3) is 5.79 Å². The molecule has 1 heterocycles. The average molecular weight is 417 g/mol. The van der Waals surface area contributed by atoms with Crippen molar-refractivity contribution in [1.29, 1.82) is 0 Å². The molecule has 0 amide bonds. The van der Waals surface area contributed by atoms with Gasteiger partial charge in [0.2, 0.25) is 0 Å². The first kappa shape index (κ1) is 25.6. The van der Waals surface area contributed by atoms with Gasteiger partial charge in [0.15, 0.2) is 14.4 Å². The summed E-state index contributed by atoms with van der Waals surface area (Å²) in [5.41, 5.74) is 0. The summed E-state index contributed by atoms with van der Waals surface area (Å²) in [6.07, 6.45) is 0.389. The topological polar surface area (TPSA) is 66.4 Å². The van der Waals surface area contributed by atoms with Crippen molar-refractivity contribution in [2.45, 2.75) is 95.3 Å². The standard InChI is InChI=1S/C21H40O6Si/c1-10-11-12-13-14-21(22)19(25-7)18(24-6)17(23-5)16(27-21)15-26-28(8,9)20(2,3)4/h16-19,22H,10-12,15H2,1-9H3. The van der Waals surface area contributed by atoms with Crippen LogP contribution in [0.15, 0.2) is 0 Å². The number of hydrogen-bond donors (Lipinski definition) is 1. The van der Waals surface area contributed by atoms with Crippen molar-refractivity contribution in [2.75, 3.05) is 27.9 Å². The van der Waals surface area contributed by atoms with Crippen molar-refractivity contribution in [3.8, 4) is 11.8 Å². The van der Waals surface area contributed by atoms with Crippen LogP contribution in [0, 0.1) is 11.8 Å². The van der Waals surface area contributed by atoms with Crippen LogP contribution in [0.25, 0.3) is 0 Å². The van der Waals surface area contributed by atoms with E-state index < -0.39 is 38.5 Å². The molecule has 0 bridgehead atoms. The van der Waals surface area contributed by atoms with E-state index in [9.17, 15) is 5.11 Å². The molecule has 1 aliphatic rings. The quantitative estimate of drug-likeness (QED) is 0.372. The second-order valence-corrected chi connectivity index (χ2v) is 13.7. The lowest BCUT2D eigenvalue weighted by molar-refractivity contribution is -0.332. The minimum absolute atomic E-state index is 0.0657. The summed E-state index contributed by atoms with van der Waals surface area (Å²) in [4.78, 5) is 0. The van der Waals surface area contributed by atoms with Gasteiger partial charge in [-0.2, -0.15) is 0 Å². The molecular formula is C21H40O6Si. The lowest BCUT2D eigenvalue weighted by Crippen LogP contribution is -2.66. The summed E-state index contributed by atoms with van der Waals surface area (Å²) in [6, 6.07) is 0. The normalized spacial score (nSPS) is 31.4. The molecule has 164 valence electrons. The molecule has 0 aliphatic carbocycles. The highest BCUT2D eigenvalue weighted by Crippen LogP contribution is 2.38. The van der Waals surface area contributed by atoms with Gasteiger partial charge in [-0.05, 0) is 30.5 Å². The smallest absolute Gasteiger partial charge is 0.261 e. The van der Waals surface area contributed by atoms with E-state index in [0.717, 1.165) is 12.8 Å². The van der Waals surface area contributed by atoms with Crippen LogP contribution in [0.3, 0.4) is 0 Å². The van der Waals surface area contributed by atoms with Crippen LogP contribution in [0.4, 0.5) is 0 Å². The van der Waals surface area contributed by atoms with Gasteiger partial charge in [-0.25, -0.2) is 0 Å². The van der Waals surface area contributed by atoms with E-state index in [0.29, 0.717) is 13.0 Å². The lowest BCUT2D eigenvalue weighted by atomic mass is 9.92. The maximum atomic E-state index is 11.2. The molecule has 6 nitrogen and oxygen atoms in total. The molecule has 28 heavy (non-hydrogen) atoms. The van der Waals surface area contributed by atoms with Crippen molar-refractivity contribution in [2.24, 2.45) is 0 Å². The van der Waals surface area contributed by atoms with E-state index in [1.807, 2.05) is 0 Å². The zero-order valence-corrected chi connectivity index (χ0v) is 20.1. The molecule has 0 aromatic heterocycles. The van der Waals surface area contributed by atoms with Crippen LogP contribution in [0.1, 0.15) is 47.0 Å². The molecule has 0 radical (unpaired) electrons. The van der Waals surface area contributed by atoms with E-state index in [4.69, 9.17) is 23.4 Å². The van der Waals surface area contributed by atoms with Crippen molar-refractivity contribution >= 4 is 8.32 Å². The van der Waals surface area contributed by atoms with Crippen LogP contribution >= 0.6 is 0 Å². The number of hydrogen-bond acceptors (Lipinski definition) is 6. The van der Waals surface area contributed by atoms with Crippen molar-refractivity contribution in [3.05, 3.63) is 0 Å². The fraction of sp³-hybridized carbons (Fsp3) is 0.905. The second kappa shape index (κ2) is 10.5. The first-order valence-electron chi connectivity index (χ1n) is 10.1. The Hall–Kier alpha value is -0.463. The van der Waals surface area contributed by atoms with Gasteiger partial charge in [-0.3, -0.25) is 0 Å². The second-order valence-electron chi connectivity index (χ2n) is 8.89. The van der Waals surface area contributed by atoms with Crippen molar-refractivity contribution in [3.63, 3.8) is 0 Å². The Morgan fingerprint density at radius 1 is 1.07 bits per heavy atom. The Balaban J connectivity index is 3.12. The highest BCUT2D eigenvalue weighted by atomic mass is 28.4. The average Bonchev–Trinajstić information content (AvgIpc) is 2.61. The summed E-state index contributed by atoms with van der Waals surface area (Å²) in [5.74, 6) is 4.12. The van der Waals surface area contributed by atoms with E-state index in [2.05, 4.69) is 52.6 Å². The Labute approximate surface area is 172 Å². The zero-order valence-electron chi connectivity index (χ0n) is 19.1. The molecule has 1 rings (SSSR count). The molecule has 0 aromatic carbocycles. The molecule has 0 spiro atoms. The third kappa shape index (κ3) is 6.02. The Morgan fingerprint density at radius 3 is 2.14 bits per heavy atom. The Bertz CT molecular complexity index is 535. The van der Waals surface area contributed by atoms with Gasteiger partial charge in [-0.1, -0.05) is 40.0 Å². The van der Waals surface area contributed by atoms with Crippen molar-refractivity contribution < 1.29 is 28.5 Å². The van der Waals surface area contributed by atoms with E-state index in [-0.39, 0.29) is 5.04 Å². The molecule has 5 unspecified atom stereocenters. The van der Waals surface area contributed by atoms with E-state index in [1.165, 1.54) is 7.11 Å². The Morgan fingerprint density at radius 2 is 1.68 bits per heavy atom. The maximum absolute atomic E-state index is 11.2. The molecule has 0 saturated carbocycles. The first-order chi connectivity index (χ1) is 13.0. The van der Waals surface area contributed by atoms with Gasteiger partial charge < -0.3 is 28.5 Å². The predicted molar refractivity (Wildman–Crippen MR) is 113 cm³/mol. The molecular weight excluding hydrogens is 376 g/mol. The highest BCUT2D eigenvalue weighted by Gasteiger charge is 2.55. The minimum atomic E-state index is -2.00. The van der Waals surface area contributed by atoms with Crippen molar-refractivity contribution in [1.82, 2.24) is 0 Å². The summed E-state index contributed by atoms with van der Waals surface area (Å²) < 4.78 is 29.2. The minimum Gasteiger partial charge on any atom is -0.414 e. The summed E-state index contributed by atoms with van der Waals surface area (Å²) in [5, 5.41) is 11.3. The largest absolute Gasteiger partial charge is 0.414 e. The Kier molecular flexibility index (Phi) is 9.62. The predicted octanol–water partition coefficient (Wildman–Crippen LogP) is 3.33. The van der Waals surface area contributed by atoms with E-state index >= 15 is 0 Å². The SMILES string of the molecule is CCCCC#CC1(O)OC(CO[Si](C)(C)C(C)(C)C)C(OC)C(OC)C1OC. The highest BCUT2D eigenvalue weighted by molar-refractivity contribution is 6.74. The van der Waals surface area contributed by atoms with Crippen LogP contribution < -0.4 is 0 Å². The monoisotopic (exact) mass is 416 g/mol. The van der Waals surface area contributed by atoms with Crippen LogP contribution in [-0.2, 0) is 23.4 Å². The third-order valence-electron chi connectivity index (χ3n) is 5.84. The fourth-order valence-electron chi connectivity index (χ4n) is 3.00. The molecule has 1 fully saturated rings. The molecule has 7 heteroatoms. The van der Waals surface area contributed by atoms with E-state index in [1.54, 1.807) is 14.2 Å². The number of unbranched alkanes of at least 4 members (excludes halogenated alkanes) is 2. The maximum Gasteiger partial charge on any atom is 0.261 e. The van der Waals surface area contributed by atoms with Gasteiger partial charge >= 0.3 is 0 Å². The zero-order chi connectivity index (χ0) is 21.6. The number of rotatable bonds is 8. The van der Waals surface area contributed by atoms with Gasteiger partial charge in [-0.15, -0.1) is 0 Å². The molecule has 1 N–H and O–H groups in total. The summed E-state index contributed by atoms with van der Waals surface area (Å²) in [6.45, 7) is 13.3. The van der Waals surface area contributed by atoms with Crippen LogP contribution in [0.5, 0.6) is 0 Å². The number of methoxy groups -OCH3 is 3. The van der Waals surface area contributed by atoms with Gasteiger partial charge in [0.1, 0.15) is 18.3 Å². The van der Waals surface area contributed by atoms with Gasteiger partial charge in [0.05, 0.1) is 6.61 Å². The molecule has 0 aromatic rings. The fourth-order valence-corrected chi connectivity index (χ4v) is 4.01. The lowest BCUT2D eigenvalue weighted by Gasteiger charge is -2.48. The summed E-state index contributed by atoms with van der Waals surface area (Å²) in [7, 11) is 2.69. The first-order valence-corrected chi connectivity index (χ1v) is 13.0. The molecule has 1 saturated heterocycles. The van der Waals surface area contributed by atoms with Gasteiger partial charge in [0, 0.05) is 27.8 Å². The summed E-state index contributed by atoms with van der Waals surface area (Å²) >= 11 is 0.